The van der Waals surface area contributed by atoms with E-state index in [0.29, 0.717) is 5.56 Å². The SMILES string of the molecule is C=C(/C=C\C1=C(C)C/C(=C\CC(N)c2ccc3sc4cccc(-c5ccccc5C#N)c4c3c2)C=C1)c1ccccc1. The Morgan fingerprint density at radius 2 is 1.74 bits per heavy atom. The summed E-state index contributed by atoms with van der Waals surface area (Å²) in [5, 5.41) is 12.1. The van der Waals surface area contributed by atoms with Crippen LogP contribution in [0.5, 0.6) is 0 Å². The Hall–Kier alpha value is -4.75. The smallest absolute Gasteiger partial charge is 0.0998 e. The third-order valence-corrected chi connectivity index (χ3v) is 9.10. The van der Waals surface area contributed by atoms with Crippen molar-refractivity contribution in [3.63, 3.8) is 0 Å². The molecule has 0 spiro atoms. The molecule has 0 bridgehead atoms. The molecule has 0 radical (unpaired) electrons. The molecule has 5 aromatic rings. The number of nitrogens with two attached hydrogens (primary N) is 1. The van der Waals surface area contributed by atoms with Gasteiger partial charge in [0.2, 0.25) is 0 Å². The van der Waals surface area contributed by atoms with Crippen LogP contribution in [0.4, 0.5) is 0 Å². The van der Waals surface area contributed by atoms with Gasteiger partial charge in [0.05, 0.1) is 11.6 Å². The van der Waals surface area contributed by atoms with Crippen LogP contribution in [0.2, 0.25) is 0 Å². The number of allylic oxidation sites excluding steroid dienone is 8. The summed E-state index contributed by atoms with van der Waals surface area (Å²) in [6.45, 7) is 6.41. The van der Waals surface area contributed by atoms with E-state index in [4.69, 9.17) is 5.73 Å². The van der Waals surface area contributed by atoms with Crippen LogP contribution in [0.3, 0.4) is 0 Å². The summed E-state index contributed by atoms with van der Waals surface area (Å²) < 4.78 is 2.45. The largest absolute Gasteiger partial charge is 0.324 e. The van der Waals surface area contributed by atoms with E-state index in [0.717, 1.165) is 40.7 Å². The topological polar surface area (TPSA) is 49.8 Å². The second-order valence-electron chi connectivity index (χ2n) is 10.8. The summed E-state index contributed by atoms with van der Waals surface area (Å²) in [6.07, 6.45) is 12.6. The lowest BCUT2D eigenvalue weighted by atomic mass is 9.92. The van der Waals surface area contributed by atoms with Gasteiger partial charge in [-0.1, -0.05) is 109 Å². The average Bonchev–Trinajstić information content (AvgIpc) is 3.41. The normalized spacial score (nSPS) is 15.1. The lowest BCUT2D eigenvalue weighted by Crippen LogP contribution is -2.09. The van der Waals surface area contributed by atoms with Gasteiger partial charge in [0.15, 0.2) is 0 Å². The Morgan fingerprint density at radius 1 is 0.952 bits per heavy atom. The van der Waals surface area contributed by atoms with Gasteiger partial charge in [-0.05, 0) is 77.4 Å². The van der Waals surface area contributed by atoms with Crippen LogP contribution in [-0.2, 0) is 0 Å². The Labute approximate surface area is 251 Å². The molecule has 0 aliphatic heterocycles. The van der Waals surface area contributed by atoms with Gasteiger partial charge in [-0.2, -0.15) is 5.26 Å². The van der Waals surface area contributed by atoms with Crippen molar-refractivity contribution in [1.29, 1.82) is 5.26 Å². The summed E-state index contributed by atoms with van der Waals surface area (Å²) >= 11 is 1.78. The van der Waals surface area contributed by atoms with Gasteiger partial charge >= 0.3 is 0 Å². The molecule has 6 rings (SSSR count). The number of rotatable bonds is 7. The van der Waals surface area contributed by atoms with Crippen molar-refractivity contribution < 1.29 is 0 Å². The Kier molecular flexibility index (Phi) is 7.84. The molecule has 204 valence electrons. The van der Waals surface area contributed by atoms with E-state index in [2.05, 4.69) is 98.5 Å². The number of hydrogen-bond donors (Lipinski definition) is 1. The number of nitriles is 1. The zero-order chi connectivity index (χ0) is 29.1. The van der Waals surface area contributed by atoms with Crippen molar-refractivity contribution in [2.45, 2.75) is 25.8 Å². The second-order valence-corrected chi connectivity index (χ2v) is 11.9. The van der Waals surface area contributed by atoms with Gasteiger partial charge in [-0.3, -0.25) is 0 Å². The van der Waals surface area contributed by atoms with Crippen LogP contribution < -0.4 is 5.73 Å². The third-order valence-electron chi connectivity index (χ3n) is 7.97. The lowest BCUT2D eigenvalue weighted by Gasteiger charge is -2.15. The minimum Gasteiger partial charge on any atom is -0.324 e. The fraction of sp³-hybridized carbons (Fsp3) is 0.103. The highest BCUT2D eigenvalue weighted by atomic mass is 32.1. The van der Waals surface area contributed by atoms with Crippen LogP contribution >= 0.6 is 11.3 Å². The lowest BCUT2D eigenvalue weighted by molar-refractivity contribution is 0.738. The maximum atomic E-state index is 9.74. The number of hydrogen-bond acceptors (Lipinski definition) is 3. The molecule has 0 saturated heterocycles. The van der Waals surface area contributed by atoms with Crippen LogP contribution in [0.1, 0.15) is 42.5 Å². The van der Waals surface area contributed by atoms with Crippen molar-refractivity contribution in [3.05, 3.63) is 161 Å². The van der Waals surface area contributed by atoms with Gasteiger partial charge in [-0.15, -0.1) is 11.3 Å². The molecule has 0 fully saturated rings. The maximum absolute atomic E-state index is 9.74. The van der Waals surface area contributed by atoms with Crippen molar-refractivity contribution in [3.8, 4) is 17.2 Å². The summed E-state index contributed by atoms with van der Waals surface area (Å²) in [4.78, 5) is 0. The van der Waals surface area contributed by atoms with E-state index in [-0.39, 0.29) is 6.04 Å². The molecule has 4 aromatic carbocycles. The predicted molar refractivity (Wildman–Crippen MR) is 180 cm³/mol. The van der Waals surface area contributed by atoms with E-state index in [9.17, 15) is 5.26 Å². The van der Waals surface area contributed by atoms with Crippen molar-refractivity contribution in [2.24, 2.45) is 5.73 Å². The summed E-state index contributed by atoms with van der Waals surface area (Å²) in [5.74, 6) is 0. The van der Waals surface area contributed by atoms with Gasteiger partial charge in [-0.25, -0.2) is 0 Å². The molecule has 1 aliphatic carbocycles. The first-order valence-electron chi connectivity index (χ1n) is 14.2. The highest BCUT2D eigenvalue weighted by Crippen LogP contribution is 2.41. The highest BCUT2D eigenvalue weighted by molar-refractivity contribution is 7.25. The molecule has 42 heavy (non-hydrogen) atoms. The molecule has 0 amide bonds. The van der Waals surface area contributed by atoms with E-state index in [1.165, 1.54) is 36.9 Å². The van der Waals surface area contributed by atoms with Gasteiger partial charge in [0, 0.05) is 31.8 Å². The molecule has 1 aromatic heterocycles. The summed E-state index contributed by atoms with van der Waals surface area (Å²) in [5.41, 5.74) is 16.6. The zero-order valence-corrected chi connectivity index (χ0v) is 24.5. The minimum atomic E-state index is -0.108. The second kappa shape index (κ2) is 12.0. The van der Waals surface area contributed by atoms with E-state index >= 15 is 0 Å². The highest BCUT2D eigenvalue weighted by Gasteiger charge is 2.15. The van der Waals surface area contributed by atoms with E-state index in [1.54, 1.807) is 11.3 Å². The van der Waals surface area contributed by atoms with Crippen LogP contribution in [0.15, 0.2) is 145 Å². The average molecular weight is 561 g/mol. The molecule has 1 unspecified atom stereocenters. The van der Waals surface area contributed by atoms with Gasteiger partial charge < -0.3 is 5.73 Å². The Balaban J connectivity index is 1.21. The van der Waals surface area contributed by atoms with Crippen LogP contribution in [0.25, 0.3) is 36.9 Å². The van der Waals surface area contributed by atoms with Crippen molar-refractivity contribution in [1.82, 2.24) is 0 Å². The summed E-state index contributed by atoms with van der Waals surface area (Å²) in [7, 11) is 0. The molecule has 1 aliphatic rings. The fourth-order valence-corrected chi connectivity index (χ4v) is 6.73. The molecular weight excluding hydrogens is 529 g/mol. The number of thiophene rings is 1. The first-order chi connectivity index (χ1) is 20.5. The molecule has 0 saturated carbocycles. The molecule has 1 heterocycles. The first-order valence-corrected chi connectivity index (χ1v) is 15.0. The number of fused-ring (bicyclic) bond motifs is 3. The Bertz CT molecular complexity index is 1980. The quantitative estimate of drug-likeness (QED) is 0.201. The van der Waals surface area contributed by atoms with E-state index in [1.807, 2.05) is 42.5 Å². The van der Waals surface area contributed by atoms with Crippen molar-refractivity contribution in [2.75, 3.05) is 0 Å². The van der Waals surface area contributed by atoms with Crippen molar-refractivity contribution >= 4 is 37.1 Å². The summed E-state index contributed by atoms with van der Waals surface area (Å²) in [6, 6.07) is 33.3. The zero-order valence-electron chi connectivity index (χ0n) is 23.7. The van der Waals surface area contributed by atoms with Gasteiger partial charge in [0.25, 0.3) is 0 Å². The molecule has 2 N–H and O–H groups in total. The van der Waals surface area contributed by atoms with Gasteiger partial charge in [0.1, 0.15) is 0 Å². The molecule has 1 atom stereocenters. The Morgan fingerprint density at radius 3 is 2.55 bits per heavy atom. The number of benzene rings is 4. The third kappa shape index (κ3) is 5.56. The van der Waals surface area contributed by atoms with Crippen LogP contribution in [-0.4, -0.2) is 0 Å². The molecular formula is C39H32N2S. The monoisotopic (exact) mass is 560 g/mol. The maximum Gasteiger partial charge on any atom is 0.0998 e. The van der Waals surface area contributed by atoms with E-state index < -0.39 is 0 Å². The van der Waals surface area contributed by atoms with Crippen LogP contribution in [0, 0.1) is 11.3 Å². The predicted octanol–water partition coefficient (Wildman–Crippen LogP) is 10.5. The molecule has 3 heteroatoms. The molecule has 2 nitrogen and oxygen atoms in total. The standard InChI is InChI=1S/C39H32N2S/c1-26(29-9-4-3-5-10-29)15-18-30-19-16-28(23-27(30)2)17-21-36(41)31-20-22-37-35(24-31)39-34(13-8-14-38(39)42-37)33-12-7-6-11-32(33)25-40/h3-20,22,24,36H,1,21,23,41H2,2H3/b18-15-,28-17-. The fourth-order valence-electron chi connectivity index (χ4n) is 5.61. The number of nitrogens with zero attached hydrogens (tertiary/aromatic N) is 1. The minimum absolute atomic E-state index is 0.108. The first kappa shape index (κ1) is 27.4.